The second kappa shape index (κ2) is 8.09. The number of carbonyl (C=O) groups excluding carboxylic acids is 1. The summed E-state index contributed by atoms with van der Waals surface area (Å²) in [5.74, 6) is 0.841. The average molecular weight is 280 g/mol. The van der Waals surface area contributed by atoms with Gasteiger partial charge in [0.15, 0.2) is 11.5 Å². The van der Waals surface area contributed by atoms with Crippen LogP contribution < -0.4 is 14.2 Å². The molecule has 0 spiro atoms. The number of hydrogen-bond donors (Lipinski definition) is 0. The lowest BCUT2D eigenvalue weighted by Crippen LogP contribution is -2.06. The molecule has 0 saturated heterocycles. The molecule has 0 aliphatic carbocycles. The average Bonchev–Trinajstić information content (AvgIpc) is 2.49. The molecule has 1 aromatic carbocycles. The van der Waals surface area contributed by atoms with Crippen LogP contribution in [-0.4, -0.2) is 33.9 Å². The van der Waals surface area contributed by atoms with E-state index in [-0.39, 0.29) is 6.61 Å². The first-order chi connectivity index (χ1) is 9.67. The van der Waals surface area contributed by atoms with Crippen molar-refractivity contribution in [3.8, 4) is 17.2 Å². The summed E-state index contributed by atoms with van der Waals surface area (Å²) in [4.78, 5) is 11.9. The molecular formula is C15H20O5. The van der Waals surface area contributed by atoms with Gasteiger partial charge >= 0.3 is 5.97 Å². The third-order valence-electron chi connectivity index (χ3n) is 2.61. The maximum atomic E-state index is 11.9. The number of methoxy groups -OCH3 is 3. The van der Waals surface area contributed by atoms with Gasteiger partial charge in [0.1, 0.15) is 6.61 Å². The Kier molecular flexibility index (Phi) is 6.43. The summed E-state index contributed by atoms with van der Waals surface area (Å²) in [6.45, 7) is 2.25. The van der Waals surface area contributed by atoms with Crippen molar-refractivity contribution < 1.29 is 23.7 Å². The van der Waals surface area contributed by atoms with Crippen molar-refractivity contribution in [1.82, 2.24) is 0 Å². The van der Waals surface area contributed by atoms with Crippen molar-refractivity contribution >= 4 is 5.97 Å². The molecule has 20 heavy (non-hydrogen) atoms. The Balaban J connectivity index is 2.95. The first-order valence-electron chi connectivity index (χ1n) is 6.30. The van der Waals surface area contributed by atoms with Gasteiger partial charge in [-0.15, -0.1) is 0 Å². The molecular weight excluding hydrogens is 260 g/mol. The number of rotatable bonds is 7. The van der Waals surface area contributed by atoms with Gasteiger partial charge in [-0.25, -0.2) is 4.79 Å². The highest BCUT2D eigenvalue weighted by molar-refractivity contribution is 5.91. The van der Waals surface area contributed by atoms with E-state index >= 15 is 0 Å². The molecule has 0 heterocycles. The van der Waals surface area contributed by atoms with Crippen LogP contribution >= 0.6 is 0 Å². The molecule has 0 aromatic heterocycles. The van der Waals surface area contributed by atoms with Crippen LogP contribution in [0.1, 0.15) is 23.7 Å². The molecule has 0 fully saturated rings. The van der Waals surface area contributed by atoms with Gasteiger partial charge in [-0.3, -0.25) is 0 Å². The van der Waals surface area contributed by atoms with E-state index < -0.39 is 5.97 Å². The van der Waals surface area contributed by atoms with Gasteiger partial charge in [-0.2, -0.15) is 0 Å². The minimum atomic E-state index is -0.440. The van der Waals surface area contributed by atoms with Crippen molar-refractivity contribution in [2.45, 2.75) is 13.3 Å². The van der Waals surface area contributed by atoms with Crippen molar-refractivity contribution in [3.05, 3.63) is 29.8 Å². The van der Waals surface area contributed by atoms with E-state index in [1.165, 1.54) is 21.3 Å². The summed E-state index contributed by atoms with van der Waals surface area (Å²) >= 11 is 0. The highest BCUT2D eigenvalue weighted by atomic mass is 16.5. The van der Waals surface area contributed by atoms with Gasteiger partial charge in [0, 0.05) is 0 Å². The number of esters is 1. The van der Waals surface area contributed by atoms with Crippen LogP contribution in [0.5, 0.6) is 17.2 Å². The number of ether oxygens (including phenoxy) is 4. The van der Waals surface area contributed by atoms with E-state index in [1.807, 2.05) is 13.0 Å². The maximum Gasteiger partial charge on any atom is 0.338 e. The molecule has 0 unspecified atom stereocenters. The SMILES string of the molecule is CC/C=C/COC(=O)c1cc(OC)c(OC)c(OC)c1. The van der Waals surface area contributed by atoms with Crippen LogP contribution in [0.3, 0.4) is 0 Å². The second-order valence-corrected chi connectivity index (χ2v) is 3.89. The normalized spacial score (nSPS) is 10.4. The molecule has 0 N–H and O–H groups in total. The van der Waals surface area contributed by atoms with E-state index in [0.717, 1.165) is 6.42 Å². The monoisotopic (exact) mass is 280 g/mol. The van der Waals surface area contributed by atoms with Crippen molar-refractivity contribution in [3.63, 3.8) is 0 Å². The van der Waals surface area contributed by atoms with Gasteiger partial charge in [-0.1, -0.05) is 19.1 Å². The molecule has 1 aromatic rings. The molecule has 0 aliphatic rings. The van der Waals surface area contributed by atoms with Crippen LogP contribution in [0.15, 0.2) is 24.3 Å². The van der Waals surface area contributed by atoms with E-state index in [2.05, 4.69) is 0 Å². The molecule has 0 amide bonds. The molecule has 1 rings (SSSR count). The smallest absolute Gasteiger partial charge is 0.338 e. The molecule has 5 nitrogen and oxygen atoms in total. The van der Waals surface area contributed by atoms with E-state index in [1.54, 1.807) is 18.2 Å². The number of benzene rings is 1. The summed E-state index contributed by atoms with van der Waals surface area (Å²) < 4.78 is 20.7. The largest absolute Gasteiger partial charge is 0.493 e. The Bertz CT molecular complexity index is 454. The zero-order chi connectivity index (χ0) is 15.0. The standard InChI is InChI=1S/C15H20O5/c1-5-6-7-8-20-15(16)11-9-12(17-2)14(19-4)13(10-11)18-3/h6-7,9-10H,5,8H2,1-4H3/b7-6+. The topological polar surface area (TPSA) is 54.0 Å². The van der Waals surface area contributed by atoms with Gasteiger partial charge in [0.2, 0.25) is 5.75 Å². The highest BCUT2D eigenvalue weighted by Crippen LogP contribution is 2.38. The maximum absolute atomic E-state index is 11.9. The first kappa shape index (κ1) is 15.9. The zero-order valence-electron chi connectivity index (χ0n) is 12.3. The Hall–Kier alpha value is -2.17. The summed E-state index contributed by atoms with van der Waals surface area (Å²) in [5.41, 5.74) is 0.351. The third kappa shape index (κ3) is 3.91. The summed E-state index contributed by atoms with van der Waals surface area (Å²) in [7, 11) is 4.50. The molecule has 0 atom stereocenters. The van der Waals surface area contributed by atoms with Gasteiger partial charge in [-0.05, 0) is 18.6 Å². The van der Waals surface area contributed by atoms with E-state index in [4.69, 9.17) is 18.9 Å². The predicted molar refractivity (Wildman–Crippen MR) is 75.8 cm³/mol. The summed E-state index contributed by atoms with van der Waals surface area (Å²) in [6.07, 6.45) is 4.64. The molecule has 110 valence electrons. The van der Waals surface area contributed by atoms with Gasteiger partial charge < -0.3 is 18.9 Å². The van der Waals surface area contributed by atoms with Crippen molar-refractivity contribution in [2.24, 2.45) is 0 Å². The molecule has 0 aliphatic heterocycles. The minimum Gasteiger partial charge on any atom is -0.493 e. The van der Waals surface area contributed by atoms with Crippen LogP contribution in [-0.2, 0) is 4.74 Å². The highest BCUT2D eigenvalue weighted by Gasteiger charge is 2.17. The fourth-order valence-corrected chi connectivity index (χ4v) is 1.64. The van der Waals surface area contributed by atoms with Crippen LogP contribution in [0.25, 0.3) is 0 Å². The molecule has 0 saturated carbocycles. The first-order valence-corrected chi connectivity index (χ1v) is 6.30. The zero-order valence-corrected chi connectivity index (χ0v) is 12.3. The second-order valence-electron chi connectivity index (χ2n) is 3.89. The lowest BCUT2D eigenvalue weighted by molar-refractivity contribution is 0.0548. The summed E-state index contributed by atoms with van der Waals surface area (Å²) in [5, 5.41) is 0. The van der Waals surface area contributed by atoms with Crippen LogP contribution in [0.4, 0.5) is 0 Å². The quantitative estimate of drug-likeness (QED) is 0.568. The minimum absolute atomic E-state index is 0.239. The fraction of sp³-hybridized carbons (Fsp3) is 0.400. The van der Waals surface area contributed by atoms with E-state index in [9.17, 15) is 4.79 Å². The predicted octanol–water partition coefficient (Wildman–Crippen LogP) is 2.84. The number of carbonyl (C=O) groups is 1. The van der Waals surface area contributed by atoms with Crippen LogP contribution in [0.2, 0.25) is 0 Å². The molecule has 5 heteroatoms. The fourth-order valence-electron chi connectivity index (χ4n) is 1.64. The van der Waals surface area contributed by atoms with Crippen molar-refractivity contribution in [1.29, 1.82) is 0 Å². The number of allylic oxidation sites excluding steroid dienone is 1. The molecule has 0 bridgehead atoms. The Morgan fingerprint density at radius 1 is 1.05 bits per heavy atom. The van der Waals surface area contributed by atoms with E-state index in [0.29, 0.717) is 22.8 Å². The van der Waals surface area contributed by atoms with Gasteiger partial charge in [0.25, 0.3) is 0 Å². The third-order valence-corrected chi connectivity index (χ3v) is 2.61. The van der Waals surface area contributed by atoms with Gasteiger partial charge in [0.05, 0.1) is 26.9 Å². The summed E-state index contributed by atoms with van der Waals surface area (Å²) in [6, 6.07) is 3.13. The molecule has 0 radical (unpaired) electrons. The number of hydrogen-bond acceptors (Lipinski definition) is 5. The Morgan fingerprint density at radius 3 is 2.10 bits per heavy atom. The Morgan fingerprint density at radius 2 is 1.65 bits per heavy atom. The Labute approximate surface area is 119 Å². The lowest BCUT2D eigenvalue weighted by atomic mass is 10.2. The van der Waals surface area contributed by atoms with Crippen molar-refractivity contribution in [2.75, 3.05) is 27.9 Å². The van der Waals surface area contributed by atoms with Crippen LogP contribution in [0, 0.1) is 0 Å². The lowest BCUT2D eigenvalue weighted by Gasteiger charge is -2.13.